The minimum absolute atomic E-state index is 0.103. The van der Waals surface area contributed by atoms with Gasteiger partial charge >= 0.3 is 0 Å². The van der Waals surface area contributed by atoms with Crippen LogP contribution >= 0.6 is 0 Å². The molecule has 0 unspecified atom stereocenters. The Bertz CT molecular complexity index is 900. The summed E-state index contributed by atoms with van der Waals surface area (Å²) in [6.07, 6.45) is 6.94. The predicted molar refractivity (Wildman–Crippen MR) is 119 cm³/mol. The van der Waals surface area contributed by atoms with E-state index in [1.165, 1.54) is 49.0 Å². The number of ether oxygens (including phenoxy) is 1. The second-order valence-corrected chi connectivity index (χ2v) is 9.32. The summed E-state index contributed by atoms with van der Waals surface area (Å²) in [7, 11) is 1.95. The molecular formula is C26H32N2O2. The molecule has 4 heteroatoms. The number of likely N-dealkylation sites (N-methyl/N-ethyl adjacent to an activating group) is 1. The number of carbonyl (C=O) groups excluding carboxylic acids is 1. The van der Waals surface area contributed by atoms with Crippen LogP contribution in [-0.2, 0) is 19.4 Å². The third kappa shape index (κ3) is 4.39. The Hall–Kier alpha value is -2.33. The number of aryl methyl sites for hydroxylation is 1. The summed E-state index contributed by atoms with van der Waals surface area (Å²) in [4.78, 5) is 17.5. The molecule has 30 heavy (non-hydrogen) atoms. The summed E-state index contributed by atoms with van der Waals surface area (Å²) in [5.41, 5.74) is 5.05. The van der Waals surface area contributed by atoms with Crippen molar-refractivity contribution in [3.63, 3.8) is 0 Å². The number of carbonyl (C=O) groups is 1. The fourth-order valence-electron chi connectivity index (χ4n) is 4.58. The fraction of sp³-hybridized carbons (Fsp3) is 0.500. The van der Waals surface area contributed by atoms with Crippen molar-refractivity contribution >= 4 is 5.91 Å². The summed E-state index contributed by atoms with van der Waals surface area (Å²) in [6.45, 7) is 4.35. The number of likely N-dealkylation sites (tertiary alicyclic amines) is 1. The highest BCUT2D eigenvalue weighted by atomic mass is 16.5. The molecule has 1 aliphatic heterocycles. The molecule has 0 radical (unpaired) electrons. The van der Waals surface area contributed by atoms with E-state index in [9.17, 15) is 4.79 Å². The Morgan fingerprint density at radius 3 is 2.57 bits per heavy atom. The monoisotopic (exact) mass is 404 g/mol. The Labute approximate surface area is 179 Å². The van der Waals surface area contributed by atoms with Crippen molar-refractivity contribution in [1.82, 2.24) is 9.80 Å². The van der Waals surface area contributed by atoms with Crippen LogP contribution in [0, 0.1) is 5.92 Å². The van der Waals surface area contributed by atoms with Crippen LogP contribution in [0.2, 0.25) is 0 Å². The third-order valence-electron chi connectivity index (χ3n) is 6.98. The van der Waals surface area contributed by atoms with E-state index in [2.05, 4.69) is 23.1 Å². The van der Waals surface area contributed by atoms with Crippen LogP contribution in [0.5, 0.6) is 5.75 Å². The van der Waals surface area contributed by atoms with Crippen LogP contribution in [-0.4, -0.2) is 48.5 Å². The Kier molecular flexibility index (Phi) is 5.51. The maximum absolute atomic E-state index is 13.0. The summed E-state index contributed by atoms with van der Waals surface area (Å²) >= 11 is 0. The molecule has 3 aliphatic rings. The normalized spacial score (nSPS) is 20.9. The van der Waals surface area contributed by atoms with Gasteiger partial charge in [-0.2, -0.15) is 0 Å². The number of fused-ring (bicyclic) bond motifs is 1. The van der Waals surface area contributed by atoms with Crippen molar-refractivity contribution in [2.24, 2.45) is 5.92 Å². The van der Waals surface area contributed by atoms with Crippen molar-refractivity contribution < 1.29 is 9.53 Å². The zero-order valence-corrected chi connectivity index (χ0v) is 18.0. The quantitative estimate of drug-likeness (QED) is 0.689. The topological polar surface area (TPSA) is 32.8 Å². The first-order chi connectivity index (χ1) is 14.7. The van der Waals surface area contributed by atoms with Gasteiger partial charge in [0.25, 0.3) is 5.91 Å². The van der Waals surface area contributed by atoms with Gasteiger partial charge in [0.1, 0.15) is 5.75 Å². The van der Waals surface area contributed by atoms with E-state index in [0.29, 0.717) is 0 Å². The molecule has 0 bridgehead atoms. The van der Waals surface area contributed by atoms with Crippen LogP contribution < -0.4 is 4.74 Å². The molecule has 158 valence electrons. The van der Waals surface area contributed by atoms with Gasteiger partial charge in [-0.25, -0.2) is 0 Å². The largest absolute Gasteiger partial charge is 0.493 e. The minimum Gasteiger partial charge on any atom is -0.493 e. The van der Waals surface area contributed by atoms with Crippen LogP contribution in [0.3, 0.4) is 0 Å². The van der Waals surface area contributed by atoms with Crippen molar-refractivity contribution in [2.45, 2.75) is 51.1 Å². The fourth-order valence-corrected chi connectivity index (χ4v) is 4.58. The summed E-state index contributed by atoms with van der Waals surface area (Å²) < 4.78 is 5.80. The molecule has 0 aromatic heterocycles. The molecule has 2 fully saturated rings. The van der Waals surface area contributed by atoms with E-state index in [-0.39, 0.29) is 11.9 Å². The van der Waals surface area contributed by atoms with E-state index >= 15 is 0 Å². The molecule has 1 saturated carbocycles. The van der Waals surface area contributed by atoms with E-state index in [4.69, 9.17) is 4.74 Å². The predicted octanol–water partition coefficient (Wildman–Crippen LogP) is 4.31. The maximum atomic E-state index is 13.0. The molecule has 5 rings (SSSR count). The molecular weight excluding hydrogens is 372 g/mol. The molecule has 0 spiro atoms. The lowest BCUT2D eigenvalue weighted by atomic mass is 9.86. The third-order valence-corrected chi connectivity index (χ3v) is 6.98. The van der Waals surface area contributed by atoms with Gasteiger partial charge in [0, 0.05) is 25.2 Å². The number of amides is 1. The first-order valence-electron chi connectivity index (χ1n) is 11.5. The van der Waals surface area contributed by atoms with Gasteiger partial charge in [-0.3, -0.25) is 9.69 Å². The Morgan fingerprint density at radius 1 is 1.07 bits per heavy atom. The van der Waals surface area contributed by atoms with Gasteiger partial charge in [-0.15, -0.1) is 0 Å². The molecule has 2 aliphatic carbocycles. The summed E-state index contributed by atoms with van der Waals surface area (Å²) in [5, 5.41) is 0. The van der Waals surface area contributed by atoms with Crippen molar-refractivity contribution in [1.29, 1.82) is 0 Å². The lowest BCUT2D eigenvalue weighted by Crippen LogP contribution is -2.40. The van der Waals surface area contributed by atoms with Gasteiger partial charge in [-0.1, -0.05) is 18.2 Å². The van der Waals surface area contributed by atoms with Gasteiger partial charge in [-0.05, 0) is 98.5 Å². The average molecular weight is 405 g/mol. The van der Waals surface area contributed by atoms with Crippen LogP contribution in [0.25, 0.3) is 0 Å². The van der Waals surface area contributed by atoms with Crippen LogP contribution in [0.15, 0.2) is 42.5 Å². The number of hydrogen-bond acceptors (Lipinski definition) is 3. The van der Waals surface area contributed by atoms with E-state index in [0.717, 1.165) is 49.6 Å². The molecule has 1 atom stereocenters. The maximum Gasteiger partial charge on any atom is 0.253 e. The Morgan fingerprint density at radius 2 is 1.87 bits per heavy atom. The number of nitrogens with zero attached hydrogens (tertiary/aromatic N) is 2. The summed E-state index contributed by atoms with van der Waals surface area (Å²) in [6, 6.07) is 14.9. The second-order valence-electron chi connectivity index (χ2n) is 9.32. The van der Waals surface area contributed by atoms with E-state index in [1.807, 2.05) is 36.2 Å². The molecule has 1 saturated heterocycles. The van der Waals surface area contributed by atoms with E-state index < -0.39 is 0 Å². The molecule has 2 aromatic rings. The first-order valence-corrected chi connectivity index (χ1v) is 11.5. The zero-order chi connectivity index (χ0) is 20.5. The highest BCUT2D eigenvalue weighted by Gasteiger charge is 2.26. The van der Waals surface area contributed by atoms with Gasteiger partial charge in [0.2, 0.25) is 0 Å². The lowest BCUT2D eigenvalue weighted by Gasteiger charge is -2.34. The summed E-state index contributed by atoms with van der Waals surface area (Å²) in [5.74, 6) is 1.70. The number of hydrogen-bond donors (Lipinski definition) is 0. The number of benzene rings is 2. The average Bonchev–Trinajstić information content (AvgIpc) is 3.58. The van der Waals surface area contributed by atoms with Crippen molar-refractivity contribution in [3.05, 3.63) is 64.7 Å². The Balaban J connectivity index is 1.19. The smallest absolute Gasteiger partial charge is 0.253 e. The minimum atomic E-state index is 0.103. The molecule has 1 amide bonds. The molecule has 0 N–H and O–H groups in total. The SMILES string of the molecule is CN(C(=O)c1ccc(OCC2CC2)cc1)[C@H]1CCc2cc(CN3CCC3)ccc2C1. The standard InChI is InChI=1S/C26H32N2O2/c1-27(26(29)21-8-11-25(12-9-21)30-18-19-3-4-19)24-10-7-22-15-20(5-6-23(22)16-24)17-28-13-2-14-28/h5-6,8-9,11-12,15,19,24H,2-4,7,10,13-14,16-18H2,1H3/t24-/m0/s1. The lowest BCUT2D eigenvalue weighted by molar-refractivity contribution is 0.0719. The number of rotatable bonds is 7. The zero-order valence-electron chi connectivity index (χ0n) is 18.0. The van der Waals surface area contributed by atoms with Crippen molar-refractivity contribution in [3.8, 4) is 5.75 Å². The van der Waals surface area contributed by atoms with Crippen molar-refractivity contribution in [2.75, 3.05) is 26.7 Å². The van der Waals surface area contributed by atoms with Gasteiger partial charge < -0.3 is 9.64 Å². The van der Waals surface area contributed by atoms with Gasteiger partial charge in [0.05, 0.1) is 6.61 Å². The molecule has 2 aromatic carbocycles. The second kappa shape index (κ2) is 8.43. The van der Waals surface area contributed by atoms with E-state index in [1.54, 1.807) is 0 Å². The van der Waals surface area contributed by atoms with Gasteiger partial charge in [0.15, 0.2) is 0 Å². The van der Waals surface area contributed by atoms with Crippen LogP contribution in [0.1, 0.15) is 52.7 Å². The first kappa shape index (κ1) is 19.6. The van der Waals surface area contributed by atoms with Crippen LogP contribution in [0.4, 0.5) is 0 Å². The molecule has 4 nitrogen and oxygen atoms in total. The highest BCUT2D eigenvalue weighted by Crippen LogP contribution is 2.30. The highest BCUT2D eigenvalue weighted by molar-refractivity contribution is 5.94. The molecule has 1 heterocycles.